The van der Waals surface area contributed by atoms with Gasteiger partial charge in [0.25, 0.3) is 5.56 Å². The van der Waals surface area contributed by atoms with Gasteiger partial charge in [-0.2, -0.15) is 8.78 Å². The highest BCUT2D eigenvalue weighted by Gasteiger charge is 2.62. The lowest BCUT2D eigenvalue weighted by Crippen LogP contribution is -2.30. The minimum Gasteiger partial charge on any atom is -0.355 e. The molecule has 3 aliphatic rings. The van der Waals surface area contributed by atoms with Gasteiger partial charge in [-0.25, -0.2) is 0 Å². The molecule has 2 aromatic heterocycles. The van der Waals surface area contributed by atoms with E-state index in [0.29, 0.717) is 42.1 Å². The number of halogens is 2. The molecule has 0 bridgehead atoms. The van der Waals surface area contributed by atoms with Crippen LogP contribution in [0.3, 0.4) is 0 Å². The SMILES string of the molecule is CCn1c(C(=O)CC2CCC(CCN3C[C@@H]4C[C@]4(c4cc(C(C)(F)F)on4)C3)CC2)cccc1=O. The Balaban J connectivity index is 1.07. The van der Waals surface area contributed by atoms with Gasteiger partial charge in [0.2, 0.25) is 5.76 Å². The number of carbonyl (C=O) groups excluding carboxylic acids is 1. The molecular formula is C27H35F2N3O3. The van der Waals surface area contributed by atoms with Crippen LogP contribution in [0.4, 0.5) is 8.78 Å². The van der Waals surface area contributed by atoms with Crippen molar-refractivity contribution >= 4 is 5.78 Å². The van der Waals surface area contributed by atoms with Crippen LogP contribution in [0.2, 0.25) is 0 Å². The first-order chi connectivity index (χ1) is 16.7. The third kappa shape index (κ3) is 4.86. The van der Waals surface area contributed by atoms with E-state index in [1.54, 1.807) is 16.7 Å². The van der Waals surface area contributed by atoms with Gasteiger partial charge in [0, 0.05) is 50.5 Å². The van der Waals surface area contributed by atoms with Crippen molar-refractivity contribution in [3.8, 4) is 0 Å². The lowest BCUT2D eigenvalue weighted by molar-refractivity contribution is -0.0105. The summed E-state index contributed by atoms with van der Waals surface area (Å²) in [5.41, 5.74) is 1.02. The Labute approximate surface area is 204 Å². The van der Waals surface area contributed by atoms with Gasteiger partial charge in [0.1, 0.15) is 0 Å². The molecule has 2 saturated carbocycles. The molecule has 3 fully saturated rings. The molecule has 0 unspecified atom stereocenters. The molecule has 2 aliphatic carbocycles. The third-order valence-corrected chi connectivity index (χ3v) is 8.61. The molecule has 0 aromatic carbocycles. The summed E-state index contributed by atoms with van der Waals surface area (Å²) in [5, 5.41) is 4.00. The summed E-state index contributed by atoms with van der Waals surface area (Å²) in [6.45, 7) is 6.14. The first-order valence-corrected chi connectivity index (χ1v) is 13.0. The second kappa shape index (κ2) is 9.26. The molecule has 2 aromatic rings. The second-order valence-electron chi connectivity index (χ2n) is 11.1. The summed E-state index contributed by atoms with van der Waals surface area (Å²) < 4.78 is 33.6. The van der Waals surface area contributed by atoms with E-state index in [9.17, 15) is 18.4 Å². The Morgan fingerprint density at radius 1 is 1.23 bits per heavy atom. The lowest BCUT2D eigenvalue weighted by Gasteiger charge is -2.30. The van der Waals surface area contributed by atoms with Crippen molar-refractivity contribution in [1.29, 1.82) is 0 Å². The number of hydrogen-bond donors (Lipinski definition) is 0. The van der Waals surface area contributed by atoms with Crippen LogP contribution in [-0.4, -0.2) is 40.0 Å². The fourth-order valence-electron chi connectivity index (χ4n) is 6.42. The normalized spacial score (nSPS) is 28.7. The van der Waals surface area contributed by atoms with Crippen molar-refractivity contribution in [3.63, 3.8) is 0 Å². The fraction of sp³-hybridized carbons (Fsp3) is 0.667. The number of pyridine rings is 1. The molecule has 1 aliphatic heterocycles. The van der Waals surface area contributed by atoms with Crippen molar-refractivity contribution < 1.29 is 18.1 Å². The zero-order chi connectivity index (χ0) is 24.8. The van der Waals surface area contributed by atoms with Crippen LogP contribution >= 0.6 is 0 Å². The molecule has 0 spiro atoms. The maximum atomic E-state index is 13.6. The van der Waals surface area contributed by atoms with E-state index in [-0.39, 0.29) is 22.5 Å². The predicted octanol–water partition coefficient (Wildman–Crippen LogP) is 5.01. The van der Waals surface area contributed by atoms with E-state index in [0.717, 1.165) is 65.1 Å². The van der Waals surface area contributed by atoms with Crippen LogP contribution in [0.1, 0.15) is 80.7 Å². The van der Waals surface area contributed by atoms with Gasteiger partial charge >= 0.3 is 5.92 Å². The largest absolute Gasteiger partial charge is 0.355 e. The van der Waals surface area contributed by atoms with Gasteiger partial charge in [-0.15, -0.1) is 0 Å². The molecule has 35 heavy (non-hydrogen) atoms. The standard InChI is InChI=1S/C27H35F2N3O3/c1-3-32-21(5-4-6-25(32)34)22(33)13-19-9-7-18(8-10-19)11-12-31-16-20-15-27(20,17-31)23-14-24(35-30-23)26(2,28)29/h4-6,14,18-20H,3,7-13,15-17H2,1-2H3/t18?,19?,20-,27-/m0/s1. The summed E-state index contributed by atoms with van der Waals surface area (Å²) in [6, 6.07) is 6.40. The van der Waals surface area contributed by atoms with Gasteiger partial charge in [-0.05, 0) is 63.0 Å². The summed E-state index contributed by atoms with van der Waals surface area (Å²) in [5.74, 6) is -1.72. The number of alkyl halides is 2. The Morgan fingerprint density at radius 3 is 2.66 bits per heavy atom. The topological polar surface area (TPSA) is 68.3 Å². The van der Waals surface area contributed by atoms with Gasteiger partial charge in [0.05, 0.1) is 11.4 Å². The van der Waals surface area contributed by atoms with Crippen LogP contribution in [0.25, 0.3) is 0 Å². The molecule has 0 radical (unpaired) electrons. The first kappa shape index (κ1) is 24.3. The Hall–Kier alpha value is -2.35. The minimum atomic E-state index is -2.99. The van der Waals surface area contributed by atoms with Crippen molar-refractivity contribution in [2.24, 2.45) is 17.8 Å². The highest BCUT2D eigenvalue weighted by Crippen LogP contribution is 2.59. The Bertz CT molecular complexity index is 1130. The first-order valence-electron chi connectivity index (χ1n) is 13.0. The maximum absolute atomic E-state index is 13.6. The number of ketones is 1. The summed E-state index contributed by atoms with van der Waals surface area (Å²) in [7, 11) is 0. The highest BCUT2D eigenvalue weighted by molar-refractivity contribution is 5.94. The number of rotatable bonds is 9. The quantitative estimate of drug-likeness (QED) is 0.465. The van der Waals surface area contributed by atoms with E-state index in [1.165, 1.54) is 12.1 Å². The van der Waals surface area contributed by atoms with E-state index in [1.807, 2.05) is 6.92 Å². The molecule has 3 heterocycles. The van der Waals surface area contributed by atoms with Gasteiger partial charge < -0.3 is 14.0 Å². The number of likely N-dealkylation sites (tertiary alicyclic amines) is 1. The molecule has 8 heteroatoms. The predicted molar refractivity (Wildman–Crippen MR) is 128 cm³/mol. The Morgan fingerprint density at radius 2 is 1.97 bits per heavy atom. The average Bonchev–Trinajstić information content (AvgIpc) is 3.16. The number of carbonyl (C=O) groups is 1. The molecule has 2 atom stereocenters. The van der Waals surface area contributed by atoms with E-state index >= 15 is 0 Å². The Kier molecular flexibility index (Phi) is 6.45. The molecule has 0 N–H and O–H groups in total. The average molecular weight is 488 g/mol. The smallest absolute Gasteiger partial charge is 0.304 e. The summed E-state index contributed by atoms with van der Waals surface area (Å²) in [4.78, 5) is 27.3. The van der Waals surface area contributed by atoms with Crippen LogP contribution in [0.15, 0.2) is 33.6 Å². The molecule has 0 amide bonds. The fourth-order valence-corrected chi connectivity index (χ4v) is 6.42. The molecule has 190 valence electrons. The number of Topliss-reactive ketones (excluding diaryl/α,β-unsaturated/α-hetero) is 1. The zero-order valence-electron chi connectivity index (χ0n) is 20.6. The second-order valence-corrected chi connectivity index (χ2v) is 11.1. The van der Waals surface area contributed by atoms with E-state index in [4.69, 9.17) is 4.52 Å². The van der Waals surface area contributed by atoms with Crippen LogP contribution in [0, 0.1) is 17.8 Å². The van der Waals surface area contributed by atoms with Gasteiger partial charge in [0.15, 0.2) is 5.78 Å². The number of nitrogens with zero attached hydrogens (tertiary/aromatic N) is 3. The van der Waals surface area contributed by atoms with Crippen molar-refractivity contribution in [2.75, 3.05) is 19.6 Å². The monoisotopic (exact) mass is 487 g/mol. The summed E-state index contributed by atoms with van der Waals surface area (Å²) >= 11 is 0. The van der Waals surface area contributed by atoms with Crippen LogP contribution < -0.4 is 5.56 Å². The summed E-state index contributed by atoms with van der Waals surface area (Å²) in [6.07, 6.45) is 7.04. The lowest BCUT2D eigenvalue weighted by atomic mass is 9.78. The van der Waals surface area contributed by atoms with Crippen molar-refractivity contribution in [2.45, 2.75) is 76.7 Å². The van der Waals surface area contributed by atoms with Crippen LogP contribution in [0.5, 0.6) is 0 Å². The van der Waals surface area contributed by atoms with Gasteiger partial charge in [-0.1, -0.05) is 24.1 Å². The molecule has 6 nitrogen and oxygen atoms in total. The molecular weight excluding hydrogens is 452 g/mol. The number of aromatic nitrogens is 2. The van der Waals surface area contributed by atoms with Crippen molar-refractivity contribution in [1.82, 2.24) is 14.6 Å². The zero-order valence-corrected chi connectivity index (χ0v) is 20.6. The molecule has 1 saturated heterocycles. The van der Waals surface area contributed by atoms with Crippen LogP contribution in [-0.2, 0) is 17.9 Å². The number of hydrogen-bond acceptors (Lipinski definition) is 5. The maximum Gasteiger partial charge on any atom is 0.304 e. The number of fused-ring (bicyclic) bond motifs is 1. The van der Waals surface area contributed by atoms with E-state index < -0.39 is 5.92 Å². The molecule has 5 rings (SSSR count). The van der Waals surface area contributed by atoms with Crippen molar-refractivity contribution in [3.05, 3.63) is 51.8 Å². The third-order valence-electron chi connectivity index (χ3n) is 8.61. The minimum absolute atomic E-state index is 0.0754. The number of piperidine rings is 1. The van der Waals surface area contributed by atoms with E-state index in [2.05, 4.69) is 10.1 Å². The highest BCUT2D eigenvalue weighted by atomic mass is 19.3. The van der Waals surface area contributed by atoms with Gasteiger partial charge in [-0.3, -0.25) is 9.59 Å².